The first kappa shape index (κ1) is 6.75. The summed E-state index contributed by atoms with van der Waals surface area (Å²) in [6.07, 6.45) is 0. The van der Waals surface area contributed by atoms with Crippen molar-refractivity contribution in [1.29, 1.82) is 0 Å². The van der Waals surface area contributed by atoms with Crippen molar-refractivity contribution in [3.8, 4) is 0 Å². The lowest BCUT2D eigenvalue weighted by Crippen LogP contribution is -2.29. The molecule has 1 aliphatic heterocycles. The predicted octanol–water partition coefficient (Wildman–Crippen LogP) is -1.13. The Kier molecular flexibility index (Phi) is 1.59. The van der Waals surface area contributed by atoms with Crippen LogP contribution >= 0.6 is 0 Å². The Bertz CT molecular complexity index is 244. The smallest absolute Gasteiger partial charge is 0.158 e. The van der Waals surface area contributed by atoms with E-state index in [1.807, 2.05) is 4.57 Å². The molecule has 0 radical (unpaired) electrons. The predicted molar refractivity (Wildman–Crippen MR) is 37.7 cm³/mol. The van der Waals surface area contributed by atoms with Gasteiger partial charge in [0.1, 0.15) is 12.4 Å². The molecular formula is C6H10N4O. The molecule has 60 valence electrons. The number of nitrogens with zero attached hydrogens (tertiary/aromatic N) is 3. The first-order valence-corrected chi connectivity index (χ1v) is 3.64. The molecule has 1 aromatic heterocycles. The average molecular weight is 154 g/mol. The summed E-state index contributed by atoms with van der Waals surface area (Å²) in [7, 11) is 0. The van der Waals surface area contributed by atoms with Gasteiger partial charge in [0.2, 0.25) is 0 Å². The molecule has 0 spiro atoms. The number of fused-ring (bicyclic) bond motifs is 1. The molecule has 11 heavy (non-hydrogen) atoms. The van der Waals surface area contributed by atoms with Gasteiger partial charge in [-0.3, -0.25) is 0 Å². The quantitative estimate of drug-likeness (QED) is 0.537. The highest BCUT2D eigenvalue weighted by Gasteiger charge is 2.13. The van der Waals surface area contributed by atoms with E-state index in [9.17, 15) is 0 Å². The summed E-state index contributed by atoms with van der Waals surface area (Å²) in [4.78, 5) is 0. The highest BCUT2D eigenvalue weighted by atomic mass is 16.3. The van der Waals surface area contributed by atoms with Gasteiger partial charge in [-0.05, 0) is 0 Å². The van der Waals surface area contributed by atoms with E-state index in [1.165, 1.54) is 0 Å². The molecule has 0 atom stereocenters. The molecular weight excluding hydrogens is 144 g/mol. The van der Waals surface area contributed by atoms with E-state index >= 15 is 0 Å². The lowest BCUT2D eigenvalue weighted by atomic mass is 10.4. The lowest BCUT2D eigenvalue weighted by Gasteiger charge is -2.14. The highest BCUT2D eigenvalue weighted by Crippen LogP contribution is 2.04. The topological polar surface area (TPSA) is 63.0 Å². The first-order valence-electron chi connectivity index (χ1n) is 3.64. The Morgan fingerprint density at radius 1 is 1.55 bits per heavy atom. The number of aliphatic hydroxyl groups is 1. The van der Waals surface area contributed by atoms with Crippen LogP contribution < -0.4 is 5.32 Å². The molecule has 1 aromatic rings. The molecule has 0 amide bonds. The van der Waals surface area contributed by atoms with Crippen molar-refractivity contribution in [1.82, 2.24) is 20.1 Å². The van der Waals surface area contributed by atoms with Crippen LogP contribution in [0, 0.1) is 0 Å². The maximum atomic E-state index is 8.84. The van der Waals surface area contributed by atoms with Crippen molar-refractivity contribution >= 4 is 0 Å². The van der Waals surface area contributed by atoms with Crippen LogP contribution in [-0.2, 0) is 19.7 Å². The molecule has 5 nitrogen and oxygen atoms in total. The second-order valence-corrected chi connectivity index (χ2v) is 2.52. The number of aliphatic hydroxyl groups excluding tert-OH is 1. The van der Waals surface area contributed by atoms with Crippen LogP contribution in [0.2, 0.25) is 0 Å². The Morgan fingerprint density at radius 3 is 3.27 bits per heavy atom. The minimum absolute atomic E-state index is 0.0208. The van der Waals surface area contributed by atoms with Gasteiger partial charge >= 0.3 is 0 Å². The molecule has 0 fully saturated rings. The van der Waals surface area contributed by atoms with Crippen molar-refractivity contribution in [2.24, 2.45) is 0 Å². The zero-order chi connectivity index (χ0) is 7.68. The van der Waals surface area contributed by atoms with Crippen LogP contribution in [0.25, 0.3) is 0 Å². The third-order valence-electron chi connectivity index (χ3n) is 1.84. The zero-order valence-electron chi connectivity index (χ0n) is 6.12. The van der Waals surface area contributed by atoms with Crippen molar-refractivity contribution < 1.29 is 5.11 Å². The van der Waals surface area contributed by atoms with Gasteiger partial charge < -0.3 is 15.0 Å². The minimum Gasteiger partial charge on any atom is -0.388 e. The SMILES string of the molecule is OCc1nnc2n1CCNC2. The summed E-state index contributed by atoms with van der Waals surface area (Å²) in [5, 5.41) is 19.8. The Hall–Kier alpha value is -0.940. The van der Waals surface area contributed by atoms with Crippen molar-refractivity contribution in [2.75, 3.05) is 6.54 Å². The van der Waals surface area contributed by atoms with Gasteiger partial charge in [-0.25, -0.2) is 0 Å². The standard InChI is InChI=1S/C6H10N4O/c11-4-6-9-8-5-3-7-1-2-10(5)6/h7,11H,1-4H2. The Morgan fingerprint density at radius 2 is 2.45 bits per heavy atom. The van der Waals surface area contributed by atoms with Gasteiger partial charge in [0, 0.05) is 13.1 Å². The molecule has 2 rings (SSSR count). The summed E-state index contributed by atoms with van der Waals surface area (Å²) < 4.78 is 1.95. The van der Waals surface area contributed by atoms with E-state index in [-0.39, 0.29) is 6.61 Å². The number of rotatable bonds is 1. The second-order valence-electron chi connectivity index (χ2n) is 2.52. The third kappa shape index (κ3) is 1.02. The highest BCUT2D eigenvalue weighted by molar-refractivity contribution is 4.97. The van der Waals surface area contributed by atoms with Gasteiger partial charge in [-0.1, -0.05) is 0 Å². The van der Waals surface area contributed by atoms with Crippen LogP contribution in [0.15, 0.2) is 0 Å². The van der Waals surface area contributed by atoms with Crippen LogP contribution in [0.5, 0.6) is 0 Å². The molecule has 0 saturated carbocycles. The Balaban J connectivity index is 2.38. The molecule has 0 saturated heterocycles. The minimum atomic E-state index is -0.0208. The van der Waals surface area contributed by atoms with Crippen molar-refractivity contribution in [3.05, 3.63) is 11.6 Å². The fraction of sp³-hybridized carbons (Fsp3) is 0.667. The number of hydrogen-bond acceptors (Lipinski definition) is 4. The summed E-state index contributed by atoms with van der Waals surface area (Å²) in [5.41, 5.74) is 0. The van der Waals surface area contributed by atoms with E-state index in [2.05, 4.69) is 15.5 Å². The molecule has 0 aliphatic carbocycles. The van der Waals surface area contributed by atoms with Gasteiger partial charge in [0.05, 0.1) is 6.54 Å². The molecule has 2 N–H and O–H groups in total. The number of aromatic nitrogens is 3. The molecule has 0 unspecified atom stereocenters. The monoisotopic (exact) mass is 154 g/mol. The summed E-state index contributed by atoms with van der Waals surface area (Å²) >= 11 is 0. The van der Waals surface area contributed by atoms with Gasteiger partial charge in [-0.15, -0.1) is 10.2 Å². The fourth-order valence-corrected chi connectivity index (χ4v) is 1.27. The maximum Gasteiger partial charge on any atom is 0.158 e. The fourth-order valence-electron chi connectivity index (χ4n) is 1.27. The molecule has 0 bridgehead atoms. The third-order valence-corrected chi connectivity index (χ3v) is 1.84. The molecule has 5 heteroatoms. The maximum absolute atomic E-state index is 8.84. The van der Waals surface area contributed by atoms with Crippen LogP contribution in [0.3, 0.4) is 0 Å². The van der Waals surface area contributed by atoms with E-state index in [0.29, 0.717) is 5.82 Å². The van der Waals surface area contributed by atoms with E-state index < -0.39 is 0 Å². The lowest BCUT2D eigenvalue weighted by molar-refractivity contribution is 0.262. The normalized spacial score (nSPS) is 16.5. The summed E-state index contributed by atoms with van der Waals surface area (Å²) in [5.74, 6) is 1.58. The van der Waals surface area contributed by atoms with Gasteiger partial charge in [0.25, 0.3) is 0 Å². The molecule has 2 heterocycles. The summed E-state index contributed by atoms with van der Waals surface area (Å²) in [6, 6.07) is 0. The summed E-state index contributed by atoms with van der Waals surface area (Å²) in [6.45, 7) is 2.52. The largest absolute Gasteiger partial charge is 0.388 e. The Labute approximate surface area is 64.1 Å². The van der Waals surface area contributed by atoms with Crippen molar-refractivity contribution in [3.63, 3.8) is 0 Å². The van der Waals surface area contributed by atoms with Gasteiger partial charge in [-0.2, -0.15) is 0 Å². The number of nitrogens with one attached hydrogen (secondary N) is 1. The van der Waals surface area contributed by atoms with Crippen molar-refractivity contribution in [2.45, 2.75) is 19.7 Å². The second kappa shape index (κ2) is 2.60. The molecule has 0 aromatic carbocycles. The first-order chi connectivity index (χ1) is 5.42. The van der Waals surface area contributed by atoms with Gasteiger partial charge in [0.15, 0.2) is 5.82 Å². The van der Waals surface area contributed by atoms with Crippen LogP contribution in [0.4, 0.5) is 0 Å². The van der Waals surface area contributed by atoms with E-state index in [1.54, 1.807) is 0 Å². The average Bonchev–Trinajstić information content (AvgIpc) is 2.47. The van der Waals surface area contributed by atoms with Crippen LogP contribution in [-0.4, -0.2) is 26.4 Å². The van der Waals surface area contributed by atoms with E-state index in [4.69, 9.17) is 5.11 Å². The molecule has 1 aliphatic rings. The zero-order valence-corrected chi connectivity index (χ0v) is 6.12. The van der Waals surface area contributed by atoms with Crippen LogP contribution in [0.1, 0.15) is 11.6 Å². The number of hydrogen-bond donors (Lipinski definition) is 2. The van der Waals surface area contributed by atoms with E-state index in [0.717, 1.165) is 25.5 Å².